The number of rotatable bonds is 11. The highest BCUT2D eigenvalue weighted by Crippen LogP contribution is 2.27. The van der Waals surface area contributed by atoms with Gasteiger partial charge in [0.15, 0.2) is 0 Å². The molecule has 0 unspecified atom stereocenters. The number of nitrogens with one attached hydrogen (secondary N) is 1. The molecule has 1 N–H and O–H groups in total. The van der Waals surface area contributed by atoms with E-state index in [2.05, 4.69) is 37.2 Å². The largest absolute Gasteiger partial charge is 0.350 e. The molecular formula is C35H37Br2N3O4S. The third kappa shape index (κ3) is 9.51. The number of carbonyl (C=O) groups is 2. The number of halogens is 2. The number of amides is 2. The second-order valence-electron chi connectivity index (χ2n) is 11.9. The Bertz CT molecular complexity index is 1710. The van der Waals surface area contributed by atoms with Crippen molar-refractivity contribution in [2.24, 2.45) is 0 Å². The maximum Gasteiger partial charge on any atom is 0.264 e. The third-order valence-corrected chi connectivity index (χ3v) is 9.88. The van der Waals surface area contributed by atoms with E-state index in [4.69, 9.17) is 0 Å². The second kappa shape index (κ2) is 14.7. The predicted molar refractivity (Wildman–Crippen MR) is 186 cm³/mol. The molecule has 236 valence electrons. The molecule has 4 aromatic rings. The molecule has 0 aliphatic rings. The van der Waals surface area contributed by atoms with Crippen LogP contribution in [0, 0.1) is 6.92 Å². The molecule has 10 heteroatoms. The van der Waals surface area contributed by atoms with Gasteiger partial charge in [-0.15, -0.1) is 0 Å². The van der Waals surface area contributed by atoms with Gasteiger partial charge in [-0.2, -0.15) is 0 Å². The molecule has 45 heavy (non-hydrogen) atoms. The molecule has 2 amide bonds. The van der Waals surface area contributed by atoms with Crippen LogP contribution in [-0.4, -0.2) is 43.3 Å². The summed E-state index contributed by atoms with van der Waals surface area (Å²) in [5.74, 6) is -0.838. The Hall–Kier alpha value is -3.47. The van der Waals surface area contributed by atoms with Crippen molar-refractivity contribution in [2.75, 3.05) is 10.8 Å². The molecule has 0 saturated carbocycles. The zero-order chi connectivity index (χ0) is 32.8. The number of anilines is 1. The summed E-state index contributed by atoms with van der Waals surface area (Å²) >= 11 is 6.87. The Morgan fingerprint density at radius 2 is 1.33 bits per heavy atom. The minimum Gasteiger partial charge on any atom is -0.350 e. The first-order chi connectivity index (χ1) is 21.2. The van der Waals surface area contributed by atoms with Gasteiger partial charge in [-0.3, -0.25) is 13.9 Å². The van der Waals surface area contributed by atoms with Crippen LogP contribution in [0.15, 0.2) is 117 Å². The maximum absolute atomic E-state index is 14.5. The molecule has 0 radical (unpaired) electrons. The molecule has 4 rings (SSSR count). The quantitative estimate of drug-likeness (QED) is 0.175. The van der Waals surface area contributed by atoms with E-state index in [1.54, 1.807) is 36.4 Å². The molecule has 4 aromatic carbocycles. The highest BCUT2D eigenvalue weighted by molar-refractivity contribution is 9.10. The summed E-state index contributed by atoms with van der Waals surface area (Å²) in [6, 6.07) is 29.3. The van der Waals surface area contributed by atoms with Gasteiger partial charge in [0.05, 0.1) is 10.6 Å². The van der Waals surface area contributed by atoms with E-state index in [-0.39, 0.29) is 23.8 Å². The van der Waals surface area contributed by atoms with Crippen LogP contribution in [0.2, 0.25) is 0 Å². The lowest BCUT2D eigenvalue weighted by molar-refractivity contribution is -0.140. The van der Waals surface area contributed by atoms with Gasteiger partial charge in [-0.05, 0) is 87.4 Å². The zero-order valence-corrected chi connectivity index (χ0v) is 29.7. The Balaban J connectivity index is 1.81. The number of hydrogen-bond donors (Lipinski definition) is 1. The first-order valence-electron chi connectivity index (χ1n) is 14.5. The van der Waals surface area contributed by atoms with Gasteiger partial charge in [-0.25, -0.2) is 8.42 Å². The molecule has 0 aromatic heterocycles. The fourth-order valence-electron chi connectivity index (χ4n) is 4.77. The lowest BCUT2D eigenvalue weighted by Gasteiger charge is -2.35. The molecule has 0 aliphatic carbocycles. The van der Waals surface area contributed by atoms with Gasteiger partial charge in [0.25, 0.3) is 10.0 Å². The van der Waals surface area contributed by atoms with E-state index in [9.17, 15) is 18.0 Å². The van der Waals surface area contributed by atoms with Crippen molar-refractivity contribution in [1.82, 2.24) is 10.2 Å². The normalized spacial score (nSPS) is 12.3. The Labute approximate surface area is 283 Å². The highest BCUT2D eigenvalue weighted by Gasteiger charge is 2.35. The molecular weight excluding hydrogens is 718 g/mol. The van der Waals surface area contributed by atoms with Gasteiger partial charge in [-0.1, -0.05) is 92.0 Å². The van der Waals surface area contributed by atoms with Gasteiger partial charge in [0, 0.05) is 27.4 Å². The van der Waals surface area contributed by atoms with Crippen LogP contribution in [0.3, 0.4) is 0 Å². The Morgan fingerprint density at radius 1 is 0.778 bits per heavy atom. The third-order valence-electron chi connectivity index (χ3n) is 7.04. The number of carbonyl (C=O) groups excluding carboxylic acids is 2. The predicted octanol–water partition coefficient (Wildman–Crippen LogP) is 7.27. The van der Waals surface area contributed by atoms with Crippen molar-refractivity contribution < 1.29 is 18.0 Å². The minimum absolute atomic E-state index is 0.0644. The SMILES string of the molecule is Cc1ccc(S(=O)(=O)N(CC(=O)N(Cc2ccc(Br)cc2)[C@@H](Cc2ccccc2)C(=O)NC(C)(C)C)c2ccc(Br)cc2)cc1. The minimum atomic E-state index is -4.16. The highest BCUT2D eigenvalue weighted by atomic mass is 79.9. The van der Waals surface area contributed by atoms with E-state index in [0.29, 0.717) is 5.69 Å². The fourth-order valence-corrected chi connectivity index (χ4v) is 6.71. The monoisotopic (exact) mass is 753 g/mol. The number of hydrogen-bond acceptors (Lipinski definition) is 4. The molecule has 0 aliphatic heterocycles. The number of sulfonamides is 1. The van der Waals surface area contributed by atoms with Crippen molar-refractivity contribution in [3.8, 4) is 0 Å². The Kier molecular flexibility index (Phi) is 11.3. The average molecular weight is 756 g/mol. The molecule has 1 atom stereocenters. The second-order valence-corrected chi connectivity index (χ2v) is 15.6. The summed E-state index contributed by atoms with van der Waals surface area (Å²) in [7, 11) is -4.16. The maximum atomic E-state index is 14.5. The smallest absolute Gasteiger partial charge is 0.264 e. The number of nitrogens with zero attached hydrogens (tertiary/aromatic N) is 2. The Morgan fingerprint density at radius 3 is 1.89 bits per heavy atom. The lowest BCUT2D eigenvalue weighted by Crippen LogP contribution is -2.56. The van der Waals surface area contributed by atoms with Crippen molar-refractivity contribution >= 4 is 59.4 Å². The van der Waals surface area contributed by atoms with Crippen LogP contribution in [0.4, 0.5) is 5.69 Å². The van der Waals surface area contributed by atoms with Crippen LogP contribution in [0.1, 0.15) is 37.5 Å². The van der Waals surface area contributed by atoms with Crippen LogP contribution in [0.25, 0.3) is 0 Å². The number of benzene rings is 4. The first-order valence-corrected chi connectivity index (χ1v) is 17.5. The van der Waals surface area contributed by atoms with E-state index in [1.807, 2.05) is 82.3 Å². The van der Waals surface area contributed by atoms with E-state index in [1.165, 1.54) is 17.0 Å². The van der Waals surface area contributed by atoms with Gasteiger partial charge in [0.1, 0.15) is 12.6 Å². The summed E-state index contributed by atoms with van der Waals surface area (Å²) in [6.07, 6.45) is 0.244. The number of aryl methyl sites for hydroxylation is 1. The van der Waals surface area contributed by atoms with Gasteiger partial charge >= 0.3 is 0 Å². The zero-order valence-electron chi connectivity index (χ0n) is 25.7. The van der Waals surface area contributed by atoms with Crippen LogP contribution < -0.4 is 9.62 Å². The van der Waals surface area contributed by atoms with Crippen LogP contribution in [0.5, 0.6) is 0 Å². The first kappa shape index (κ1) is 34.4. The summed E-state index contributed by atoms with van der Waals surface area (Å²) in [6.45, 7) is 7.11. The van der Waals surface area contributed by atoms with Gasteiger partial charge < -0.3 is 10.2 Å². The summed E-state index contributed by atoms with van der Waals surface area (Å²) in [5.41, 5.74) is 2.35. The van der Waals surface area contributed by atoms with E-state index < -0.39 is 34.1 Å². The molecule has 0 heterocycles. The van der Waals surface area contributed by atoms with Crippen LogP contribution >= 0.6 is 31.9 Å². The molecule has 0 spiro atoms. The summed E-state index contributed by atoms with van der Waals surface area (Å²) in [4.78, 5) is 30.0. The molecule has 7 nitrogen and oxygen atoms in total. The van der Waals surface area contributed by atoms with Crippen LogP contribution in [-0.2, 0) is 32.6 Å². The van der Waals surface area contributed by atoms with Crippen molar-refractivity contribution in [1.29, 1.82) is 0 Å². The standard InChI is InChI=1S/C35H37Br2N3O4S/c1-25-10-20-31(21-11-25)45(43,44)40(30-18-16-29(37)17-19-30)24-33(41)39(23-27-12-14-28(36)15-13-27)32(34(42)38-35(2,3)4)22-26-8-6-5-7-9-26/h5-21,32H,22-24H2,1-4H3,(H,38,42)/t32-/m0/s1. The summed E-state index contributed by atoms with van der Waals surface area (Å²) in [5, 5.41) is 3.04. The molecule has 0 saturated heterocycles. The topological polar surface area (TPSA) is 86.8 Å². The van der Waals surface area contributed by atoms with Crippen molar-refractivity contribution in [3.05, 3.63) is 129 Å². The van der Waals surface area contributed by atoms with Crippen molar-refractivity contribution in [2.45, 2.75) is 57.1 Å². The van der Waals surface area contributed by atoms with E-state index >= 15 is 0 Å². The lowest BCUT2D eigenvalue weighted by atomic mass is 10.0. The fraction of sp³-hybridized carbons (Fsp3) is 0.257. The average Bonchev–Trinajstić information content (AvgIpc) is 2.99. The van der Waals surface area contributed by atoms with Crippen molar-refractivity contribution in [3.63, 3.8) is 0 Å². The van der Waals surface area contributed by atoms with E-state index in [0.717, 1.165) is 29.9 Å². The molecule has 0 fully saturated rings. The summed E-state index contributed by atoms with van der Waals surface area (Å²) < 4.78 is 31.0. The molecule has 0 bridgehead atoms. The van der Waals surface area contributed by atoms with Gasteiger partial charge in [0.2, 0.25) is 11.8 Å².